The Kier molecular flexibility index (Phi) is 10.2. The first-order chi connectivity index (χ1) is 10.2. The van der Waals surface area contributed by atoms with Crippen LogP contribution in [0.4, 0.5) is 0 Å². The first kappa shape index (κ1) is 21.6. The van der Waals surface area contributed by atoms with Gasteiger partial charge in [0.1, 0.15) is 0 Å². The lowest BCUT2D eigenvalue weighted by Crippen LogP contribution is -2.19. The molecule has 0 aromatic carbocycles. The van der Waals surface area contributed by atoms with Crippen molar-refractivity contribution in [3.8, 4) is 0 Å². The van der Waals surface area contributed by atoms with Gasteiger partial charge in [0.25, 0.3) is 0 Å². The molecule has 0 aromatic rings. The zero-order valence-electron chi connectivity index (χ0n) is 16.3. The molecule has 0 amide bonds. The Bertz CT molecular complexity index is 385. The van der Waals surface area contributed by atoms with Crippen LogP contribution in [0.3, 0.4) is 0 Å². The summed E-state index contributed by atoms with van der Waals surface area (Å²) in [6.45, 7) is 16.7. The van der Waals surface area contributed by atoms with E-state index in [4.69, 9.17) is 0 Å². The normalized spacial score (nSPS) is 16.5. The molecule has 22 heavy (non-hydrogen) atoms. The third-order valence-electron chi connectivity index (χ3n) is 3.21. The molecular formula is C19H38Si3. The zero-order chi connectivity index (χ0) is 17.2. The Labute approximate surface area is 144 Å². The lowest BCUT2D eigenvalue weighted by atomic mass is 10.3. The molecule has 0 N–H and O–H groups in total. The van der Waals surface area contributed by atoms with Crippen LogP contribution >= 0.6 is 0 Å². The van der Waals surface area contributed by atoms with Crippen molar-refractivity contribution in [1.82, 2.24) is 0 Å². The molecule has 0 aromatic heterocycles. The number of rotatable bonds is 4. The van der Waals surface area contributed by atoms with Crippen molar-refractivity contribution >= 4 is 26.4 Å². The molecule has 0 radical (unpaired) electrons. The summed E-state index contributed by atoms with van der Waals surface area (Å²) >= 11 is 0. The summed E-state index contributed by atoms with van der Waals surface area (Å²) in [6, 6.07) is 2.75. The van der Waals surface area contributed by atoms with Crippen LogP contribution in [0.25, 0.3) is 0 Å². The number of allylic oxidation sites excluding steroid dienone is 8. The van der Waals surface area contributed by atoms with Crippen LogP contribution in [0.1, 0.15) is 12.8 Å². The van der Waals surface area contributed by atoms with Gasteiger partial charge in [0.15, 0.2) is 0 Å². The second-order valence-corrected chi connectivity index (χ2v) is 19.3. The zero-order valence-corrected chi connectivity index (χ0v) is 20.3. The molecule has 0 bridgehead atoms. The maximum absolute atomic E-state index is 2.42. The van der Waals surface area contributed by atoms with Crippen LogP contribution in [0, 0.1) is 0 Å². The third-order valence-corrected chi connectivity index (χ3v) is 6.24. The molecular weight excluding hydrogens is 312 g/mol. The summed E-state index contributed by atoms with van der Waals surface area (Å²) in [5.74, 6) is 0. The molecule has 0 nitrogen and oxygen atoms in total. The van der Waals surface area contributed by atoms with Crippen LogP contribution in [-0.4, -0.2) is 26.4 Å². The van der Waals surface area contributed by atoms with E-state index in [9.17, 15) is 0 Å². The predicted octanol–water partition coefficient (Wildman–Crippen LogP) is 5.82. The molecule has 0 atom stereocenters. The molecule has 3 heteroatoms. The van der Waals surface area contributed by atoms with Crippen LogP contribution in [0.5, 0.6) is 0 Å². The van der Waals surface area contributed by atoms with Gasteiger partial charge in [0.05, 0.1) is 0 Å². The van der Waals surface area contributed by atoms with E-state index in [1.54, 1.807) is 11.1 Å². The Morgan fingerprint density at radius 3 is 1.23 bits per heavy atom. The van der Waals surface area contributed by atoms with Gasteiger partial charge in [0.2, 0.25) is 0 Å². The summed E-state index contributed by atoms with van der Waals surface area (Å²) in [4.78, 5) is 0. The lowest BCUT2D eigenvalue weighted by Gasteiger charge is -2.15. The van der Waals surface area contributed by atoms with Gasteiger partial charge in [-0.15, -0.1) is 0 Å². The highest BCUT2D eigenvalue weighted by Crippen LogP contribution is 2.23. The Balaban J connectivity index is 0.000000360. The summed E-state index contributed by atoms with van der Waals surface area (Å²) in [5.41, 5.74) is 3.28. The molecule has 0 unspecified atom stereocenters. The SMILES string of the molecule is C[SiH3].C[Si](C)(C)CC1=CC=CC1.C[Si](C)(C)CC1=CC=CC1. The van der Waals surface area contributed by atoms with Crippen molar-refractivity contribution in [3.05, 3.63) is 47.6 Å². The Morgan fingerprint density at radius 1 is 0.727 bits per heavy atom. The Morgan fingerprint density at radius 2 is 1.05 bits per heavy atom. The van der Waals surface area contributed by atoms with Gasteiger partial charge in [-0.1, -0.05) is 93.4 Å². The minimum absolute atomic E-state index is 0.831. The molecule has 2 aliphatic carbocycles. The van der Waals surface area contributed by atoms with Crippen LogP contribution in [0.2, 0.25) is 57.9 Å². The summed E-state index contributed by atoms with van der Waals surface area (Å²) in [6.07, 6.45) is 15.8. The van der Waals surface area contributed by atoms with Gasteiger partial charge in [0, 0.05) is 16.1 Å². The second-order valence-electron chi connectivity index (χ2n) is 8.39. The van der Waals surface area contributed by atoms with Gasteiger partial charge < -0.3 is 0 Å². The molecule has 0 aliphatic heterocycles. The number of hydrogen-bond donors (Lipinski definition) is 0. The van der Waals surface area contributed by atoms with Crippen molar-refractivity contribution < 1.29 is 0 Å². The van der Waals surface area contributed by atoms with Gasteiger partial charge in [-0.3, -0.25) is 0 Å². The molecule has 2 aliphatic rings. The fourth-order valence-corrected chi connectivity index (χ4v) is 5.86. The van der Waals surface area contributed by atoms with E-state index in [0.29, 0.717) is 0 Å². The van der Waals surface area contributed by atoms with Gasteiger partial charge in [-0.2, -0.15) is 0 Å². The van der Waals surface area contributed by atoms with Crippen molar-refractivity contribution in [3.63, 3.8) is 0 Å². The van der Waals surface area contributed by atoms with E-state index in [0.717, 1.165) is 0 Å². The molecule has 0 saturated heterocycles. The molecule has 2 rings (SSSR count). The molecule has 0 saturated carbocycles. The van der Waals surface area contributed by atoms with Gasteiger partial charge in [-0.25, -0.2) is 0 Å². The highest BCUT2D eigenvalue weighted by molar-refractivity contribution is 6.77. The Hall–Kier alpha value is -0.389. The minimum Gasteiger partial charge on any atom is -0.0805 e. The van der Waals surface area contributed by atoms with E-state index in [1.807, 2.05) is 0 Å². The van der Waals surface area contributed by atoms with Crippen LogP contribution < -0.4 is 0 Å². The smallest absolute Gasteiger partial charge is 0.0483 e. The fraction of sp³-hybridized carbons (Fsp3) is 0.579. The summed E-state index contributed by atoms with van der Waals surface area (Å²) < 4.78 is 0. The quantitative estimate of drug-likeness (QED) is 0.560. The monoisotopic (exact) mass is 350 g/mol. The first-order valence-electron chi connectivity index (χ1n) is 8.85. The summed E-state index contributed by atoms with van der Waals surface area (Å²) in [7, 11) is -0.355. The first-order valence-corrected chi connectivity index (χ1v) is 18.3. The fourth-order valence-electron chi connectivity index (χ4n) is 2.61. The van der Waals surface area contributed by atoms with Crippen molar-refractivity contribution in [2.45, 2.75) is 70.8 Å². The van der Waals surface area contributed by atoms with Crippen LogP contribution in [-0.2, 0) is 0 Å². The second kappa shape index (κ2) is 10.4. The lowest BCUT2D eigenvalue weighted by molar-refractivity contribution is 1.21. The maximum Gasteiger partial charge on any atom is 0.0483 e. The van der Waals surface area contributed by atoms with E-state index in [2.05, 4.69) is 82.3 Å². The van der Waals surface area contributed by atoms with Gasteiger partial charge in [-0.05, 0) is 35.2 Å². The van der Waals surface area contributed by atoms with E-state index in [1.165, 1.54) is 35.2 Å². The number of hydrogen-bond acceptors (Lipinski definition) is 0. The van der Waals surface area contributed by atoms with Crippen LogP contribution in [0.15, 0.2) is 47.6 Å². The van der Waals surface area contributed by atoms with E-state index in [-0.39, 0.29) is 0 Å². The maximum atomic E-state index is 2.42. The average Bonchev–Trinajstić information content (AvgIpc) is 3.02. The minimum atomic E-state index is -0.831. The highest BCUT2D eigenvalue weighted by Gasteiger charge is 2.15. The van der Waals surface area contributed by atoms with E-state index < -0.39 is 16.1 Å². The predicted molar refractivity (Wildman–Crippen MR) is 116 cm³/mol. The van der Waals surface area contributed by atoms with Crippen molar-refractivity contribution in [2.75, 3.05) is 0 Å². The standard InChI is InChI=1S/2C9H16Si.CH6Si/c2*1-10(2,3)8-9-6-4-5-7-9;1-2/h2*4-6H,7-8H2,1-3H3;1-2H3. The highest BCUT2D eigenvalue weighted by atomic mass is 28.3. The van der Waals surface area contributed by atoms with E-state index >= 15 is 0 Å². The topological polar surface area (TPSA) is 0 Å². The summed E-state index contributed by atoms with van der Waals surface area (Å²) in [5, 5.41) is 0. The molecule has 0 spiro atoms. The molecule has 0 fully saturated rings. The van der Waals surface area contributed by atoms with Crippen molar-refractivity contribution in [1.29, 1.82) is 0 Å². The molecule has 126 valence electrons. The largest absolute Gasteiger partial charge is 0.0805 e. The molecule has 0 heterocycles. The third kappa shape index (κ3) is 12.2. The average molecular weight is 351 g/mol. The van der Waals surface area contributed by atoms with Gasteiger partial charge >= 0.3 is 0 Å². The van der Waals surface area contributed by atoms with Crippen molar-refractivity contribution in [2.24, 2.45) is 0 Å².